The van der Waals surface area contributed by atoms with Gasteiger partial charge in [-0.25, -0.2) is 8.42 Å². The average Bonchev–Trinajstić information content (AvgIpc) is 3.08. The van der Waals surface area contributed by atoms with Crippen molar-refractivity contribution < 1.29 is 26.3 Å². The summed E-state index contributed by atoms with van der Waals surface area (Å²) >= 11 is 0. The van der Waals surface area contributed by atoms with Gasteiger partial charge in [0.2, 0.25) is 0 Å². The van der Waals surface area contributed by atoms with Crippen molar-refractivity contribution in [1.82, 2.24) is 5.32 Å². The number of hydrogen-bond acceptors (Lipinski definition) is 4. The van der Waals surface area contributed by atoms with E-state index < -0.39 is 22.1 Å². The number of ether oxygens (including phenoxy) is 1. The zero-order chi connectivity index (χ0) is 18.8. The van der Waals surface area contributed by atoms with Gasteiger partial charge in [0.05, 0.1) is 4.90 Å². The SMILES string of the molecule is O=S(=O)(Nc1cccc(C2CCNC2)c1)c1cccc(OC(F)(F)F)c1. The Morgan fingerprint density at radius 2 is 1.88 bits per heavy atom. The Bertz CT molecular complexity index is 879. The first kappa shape index (κ1) is 18.5. The van der Waals surface area contributed by atoms with Crippen LogP contribution in [0.1, 0.15) is 17.9 Å². The van der Waals surface area contributed by atoms with Crippen LogP contribution in [0, 0.1) is 0 Å². The molecule has 0 spiro atoms. The Morgan fingerprint density at radius 1 is 1.12 bits per heavy atom. The van der Waals surface area contributed by atoms with Gasteiger partial charge in [0.1, 0.15) is 5.75 Å². The first-order chi connectivity index (χ1) is 12.2. The third-order valence-electron chi connectivity index (χ3n) is 4.02. The standard InChI is InChI=1S/C17H17F3N2O3S/c18-17(19,20)25-15-5-2-6-16(10-15)26(23,24)22-14-4-1-3-12(9-14)13-7-8-21-11-13/h1-6,9-10,13,21-22H,7-8,11H2. The minimum atomic E-state index is -4.89. The first-order valence-corrected chi connectivity index (χ1v) is 9.40. The van der Waals surface area contributed by atoms with Gasteiger partial charge in [0, 0.05) is 18.3 Å². The van der Waals surface area contributed by atoms with E-state index in [2.05, 4.69) is 14.8 Å². The van der Waals surface area contributed by atoms with Gasteiger partial charge < -0.3 is 10.1 Å². The fraction of sp³-hybridized carbons (Fsp3) is 0.294. The van der Waals surface area contributed by atoms with E-state index in [1.807, 2.05) is 6.07 Å². The monoisotopic (exact) mass is 386 g/mol. The van der Waals surface area contributed by atoms with E-state index in [1.165, 1.54) is 12.1 Å². The van der Waals surface area contributed by atoms with Gasteiger partial charge >= 0.3 is 6.36 Å². The molecule has 2 aromatic rings. The molecule has 1 saturated heterocycles. The van der Waals surface area contributed by atoms with E-state index in [4.69, 9.17) is 0 Å². The van der Waals surface area contributed by atoms with Crippen LogP contribution in [0.15, 0.2) is 53.4 Å². The summed E-state index contributed by atoms with van der Waals surface area (Å²) in [5.74, 6) is -0.283. The van der Waals surface area contributed by atoms with E-state index >= 15 is 0 Å². The molecule has 1 aliphatic rings. The summed E-state index contributed by atoms with van der Waals surface area (Å²) < 4.78 is 68.1. The number of alkyl halides is 3. The lowest BCUT2D eigenvalue weighted by Crippen LogP contribution is -2.18. The van der Waals surface area contributed by atoms with Gasteiger partial charge in [-0.2, -0.15) is 0 Å². The van der Waals surface area contributed by atoms with Crippen LogP contribution in [0.3, 0.4) is 0 Å². The lowest BCUT2D eigenvalue weighted by atomic mass is 9.98. The molecule has 3 rings (SSSR count). The van der Waals surface area contributed by atoms with Crippen molar-refractivity contribution in [3.63, 3.8) is 0 Å². The van der Waals surface area contributed by atoms with Gasteiger partial charge in [-0.3, -0.25) is 4.72 Å². The molecule has 140 valence electrons. The molecule has 1 unspecified atom stereocenters. The van der Waals surface area contributed by atoms with Crippen LogP contribution >= 0.6 is 0 Å². The van der Waals surface area contributed by atoms with Crippen LogP contribution in [0.25, 0.3) is 0 Å². The highest BCUT2D eigenvalue weighted by atomic mass is 32.2. The highest BCUT2D eigenvalue weighted by Gasteiger charge is 2.31. The average molecular weight is 386 g/mol. The van der Waals surface area contributed by atoms with E-state index in [0.29, 0.717) is 11.6 Å². The number of nitrogens with one attached hydrogen (secondary N) is 2. The third kappa shape index (κ3) is 4.67. The fourth-order valence-corrected chi connectivity index (χ4v) is 3.93. The largest absolute Gasteiger partial charge is 0.573 e. The maximum Gasteiger partial charge on any atom is 0.573 e. The molecule has 0 bridgehead atoms. The molecule has 2 aromatic carbocycles. The number of benzene rings is 2. The molecule has 0 aromatic heterocycles. The first-order valence-electron chi connectivity index (χ1n) is 7.92. The number of halogens is 3. The van der Waals surface area contributed by atoms with Gasteiger partial charge in [0.25, 0.3) is 10.0 Å². The normalized spacial score (nSPS) is 17.9. The van der Waals surface area contributed by atoms with E-state index in [9.17, 15) is 21.6 Å². The van der Waals surface area contributed by atoms with Crippen LogP contribution in [-0.4, -0.2) is 27.9 Å². The molecule has 26 heavy (non-hydrogen) atoms. The van der Waals surface area contributed by atoms with Gasteiger partial charge in [-0.1, -0.05) is 18.2 Å². The molecular weight excluding hydrogens is 369 g/mol. The molecule has 0 amide bonds. The van der Waals surface area contributed by atoms with E-state index in [-0.39, 0.29) is 4.90 Å². The summed E-state index contributed by atoms with van der Waals surface area (Å²) in [4.78, 5) is -0.313. The van der Waals surface area contributed by atoms with Crippen LogP contribution in [0.4, 0.5) is 18.9 Å². The van der Waals surface area contributed by atoms with Crippen LogP contribution < -0.4 is 14.8 Å². The second-order valence-electron chi connectivity index (χ2n) is 5.94. The molecule has 0 radical (unpaired) electrons. The fourth-order valence-electron chi connectivity index (χ4n) is 2.85. The Balaban J connectivity index is 1.81. The second-order valence-corrected chi connectivity index (χ2v) is 7.63. The Labute approximate surface area is 149 Å². The van der Waals surface area contributed by atoms with Gasteiger partial charge in [0.15, 0.2) is 0 Å². The predicted molar refractivity (Wildman–Crippen MR) is 90.6 cm³/mol. The van der Waals surface area contributed by atoms with Crippen molar-refractivity contribution in [3.8, 4) is 5.75 Å². The molecule has 2 N–H and O–H groups in total. The number of rotatable bonds is 5. The van der Waals surface area contributed by atoms with Crippen molar-refractivity contribution in [3.05, 3.63) is 54.1 Å². The molecule has 0 saturated carbocycles. The highest BCUT2D eigenvalue weighted by molar-refractivity contribution is 7.92. The zero-order valence-corrected chi connectivity index (χ0v) is 14.4. The van der Waals surface area contributed by atoms with Crippen molar-refractivity contribution in [2.24, 2.45) is 0 Å². The minimum absolute atomic E-state index is 0.308. The number of anilines is 1. The van der Waals surface area contributed by atoms with Crippen LogP contribution in [-0.2, 0) is 10.0 Å². The summed E-state index contributed by atoms with van der Waals surface area (Å²) in [6.07, 6.45) is -3.92. The maximum absolute atomic E-state index is 12.5. The molecule has 5 nitrogen and oxygen atoms in total. The number of sulfonamides is 1. The van der Waals surface area contributed by atoms with Gasteiger partial charge in [-0.15, -0.1) is 13.2 Å². The Morgan fingerprint density at radius 3 is 2.58 bits per heavy atom. The highest BCUT2D eigenvalue weighted by Crippen LogP contribution is 2.28. The summed E-state index contributed by atoms with van der Waals surface area (Å²) in [5.41, 5.74) is 1.36. The second kappa shape index (κ2) is 7.16. The summed E-state index contributed by atoms with van der Waals surface area (Å²) in [5, 5.41) is 3.24. The maximum atomic E-state index is 12.5. The Kier molecular flexibility index (Phi) is 5.10. The molecule has 9 heteroatoms. The molecule has 1 atom stereocenters. The van der Waals surface area contributed by atoms with Crippen molar-refractivity contribution in [2.75, 3.05) is 17.8 Å². The minimum Gasteiger partial charge on any atom is -0.406 e. The number of hydrogen-bond donors (Lipinski definition) is 2. The lowest BCUT2D eigenvalue weighted by Gasteiger charge is -2.13. The van der Waals surface area contributed by atoms with Crippen molar-refractivity contribution >= 4 is 15.7 Å². The summed E-state index contributed by atoms with van der Waals surface area (Å²) in [6, 6.07) is 11.3. The zero-order valence-electron chi connectivity index (χ0n) is 13.6. The molecule has 1 fully saturated rings. The van der Waals surface area contributed by atoms with Crippen LogP contribution in [0.5, 0.6) is 5.75 Å². The van der Waals surface area contributed by atoms with E-state index in [0.717, 1.165) is 37.2 Å². The smallest absolute Gasteiger partial charge is 0.406 e. The summed E-state index contributed by atoms with van der Waals surface area (Å²) in [6.45, 7) is 1.74. The molecule has 1 aliphatic heterocycles. The topological polar surface area (TPSA) is 67.4 Å². The third-order valence-corrected chi connectivity index (χ3v) is 5.40. The van der Waals surface area contributed by atoms with Crippen molar-refractivity contribution in [2.45, 2.75) is 23.6 Å². The van der Waals surface area contributed by atoms with Crippen molar-refractivity contribution in [1.29, 1.82) is 0 Å². The summed E-state index contributed by atoms with van der Waals surface area (Å²) in [7, 11) is -4.04. The lowest BCUT2D eigenvalue weighted by molar-refractivity contribution is -0.274. The van der Waals surface area contributed by atoms with Crippen LogP contribution in [0.2, 0.25) is 0 Å². The Hall–Kier alpha value is -2.26. The molecule has 1 heterocycles. The van der Waals surface area contributed by atoms with E-state index in [1.54, 1.807) is 18.2 Å². The predicted octanol–water partition coefficient (Wildman–Crippen LogP) is 3.46. The molecular formula is C17H17F3N2O3S. The van der Waals surface area contributed by atoms with Gasteiger partial charge in [-0.05, 0) is 48.7 Å². The molecule has 0 aliphatic carbocycles. The quantitative estimate of drug-likeness (QED) is 0.826.